The Morgan fingerprint density at radius 3 is 2.68 bits per heavy atom. The van der Waals surface area contributed by atoms with Crippen molar-refractivity contribution in [1.82, 2.24) is 14.1 Å². The van der Waals surface area contributed by atoms with Gasteiger partial charge in [-0.1, -0.05) is 0 Å². The molecule has 2 heterocycles. The number of aromatic nitrogens is 2. The summed E-state index contributed by atoms with van der Waals surface area (Å²) in [7, 11) is -0.200. The number of sulfonamides is 1. The zero-order valence-electron chi connectivity index (χ0n) is 14.9. The number of morpholine rings is 1. The summed E-state index contributed by atoms with van der Waals surface area (Å²) in [5.41, 5.74) is 2.43. The molecular weight excluding hydrogens is 342 g/mol. The molecule has 3 rings (SSSR count). The normalized spacial score (nSPS) is 19.1. The number of hydrogen-bond acceptors (Lipinski definition) is 5. The van der Waals surface area contributed by atoms with Gasteiger partial charge < -0.3 is 9.47 Å². The second-order valence-corrected chi connectivity index (χ2v) is 8.09. The molecule has 2 aromatic rings. The highest BCUT2D eigenvalue weighted by molar-refractivity contribution is 7.89. The van der Waals surface area contributed by atoms with Crippen LogP contribution in [-0.4, -0.2) is 49.3 Å². The number of aryl methyl sites for hydroxylation is 1. The smallest absolute Gasteiger partial charge is 0.243 e. The summed E-state index contributed by atoms with van der Waals surface area (Å²) in [6, 6.07) is 3.32. The molecule has 1 aromatic carbocycles. The number of nitrogens with zero attached hydrogens (tertiary/aromatic N) is 3. The molecule has 0 unspecified atom stereocenters. The lowest BCUT2D eigenvalue weighted by Gasteiger charge is -2.32. The molecule has 1 fully saturated rings. The summed E-state index contributed by atoms with van der Waals surface area (Å²) in [5.74, 6) is 0.687. The van der Waals surface area contributed by atoms with E-state index in [4.69, 9.17) is 9.47 Å². The highest BCUT2D eigenvalue weighted by Crippen LogP contribution is 2.31. The van der Waals surface area contributed by atoms with E-state index < -0.39 is 10.0 Å². The van der Waals surface area contributed by atoms with Crippen LogP contribution in [0.4, 0.5) is 0 Å². The van der Waals surface area contributed by atoms with Crippen LogP contribution in [0.25, 0.3) is 0 Å². The Bertz CT molecular complexity index is 876. The SMILES string of the molecule is COc1ccc(S(=O)(=O)N2CCO[C@@H](c3cnn(C)c3)C2)c(C)c1C. The van der Waals surface area contributed by atoms with Gasteiger partial charge in [0.1, 0.15) is 5.75 Å². The minimum atomic E-state index is -3.60. The zero-order valence-corrected chi connectivity index (χ0v) is 15.7. The van der Waals surface area contributed by atoms with Gasteiger partial charge in [0.15, 0.2) is 0 Å². The van der Waals surface area contributed by atoms with Crippen molar-refractivity contribution in [2.45, 2.75) is 24.8 Å². The van der Waals surface area contributed by atoms with Gasteiger partial charge in [0.25, 0.3) is 0 Å². The van der Waals surface area contributed by atoms with E-state index in [1.807, 2.05) is 27.1 Å². The van der Waals surface area contributed by atoms with Crippen molar-refractivity contribution in [1.29, 1.82) is 0 Å². The molecule has 1 aliphatic heterocycles. The van der Waals surface area contributed by atoms with E-state index in [1.54, 1.807) is 30.1 Å². The molecule has 0 bridgehead atoms. The van der Waals surface area contributed by atoms with Gasteiger partial charge in [-0.05, 0) is 37.1 Å². The summed E-state index contributed by atoms with van der Waals surface area (Å²) in [4.78, 5) is 0.317. The Kier molecular flexibility index (Phi) is 4.86. The van der Waals surface area contributed by atoms with Crippen molar-refractivity contribution in [3.63, 3.8) is 0 Å². The molecule has 0 aliphatic carbocycles. The number of rotatable bonds is 4. The minimum absolute atomic E-state index is 0.276. The summed E-state index contributed by atoms with van der Waals surface area (Å²) < 4.78 is 40.5. The monoisotopic (exact) mass is 365 g/mol. The molecule has 1 aromatic heterocycles. The van der Waals surface area contributed by atoms with E-state index in [0.717, 1.165) is 11.1 Å². The first-order valence-electron chi connectivity index (χ1n) is 8.09. The molecule has 0 radical (unpaired) electrons. The van der Waals surface area contributed by atoms with Gasteiger partial charge in [-0.3, -0.25) is 4.68 Å². The Morgan fingerprint density at radius 2 is 2.04 bits per heavy atom. The third-order valence-electron chi connectivity index (χ3n) is 4.65. The predicted octanol–water partition coefficient (Wildman–Crippen LogP) is 1.81. The quantitative estimate of drug-likeness (QED) is 0.826. The van der Waals surface area contributed by atoms with Crippen molar-refractivity contribution in [2.24, 2.45) is 7.05 Å². The summed E-state index contributed by atoms with van der Waals surface area (Å²) in [6.07, 6.45) is 3.25. The van der Waals surface area contributed by atoms with Crippen LogP contribution in [0.1, 0.15) is 22.8 Å². The summed E-state index contributed by atoms with van der Waals surface area (Å²) in [6.45, 7) is 4.64. The van der Waals surface area contributed by atoms with Crippen LogP contribution in [-0.2, 0) is 21.8 Å². The Balaban J connectivity index is 1.91. The topological polar surface area (TPSA) is 73.7 Å². The van der Waals surface area contributed by atoms with E-state index >= 15 is 0 Å². The lowest BCUT2D eigenvalue weighted by Crippen LogP contribution is -2.42. The highest BCUT2D eigenvalue weighted by atomic mass is 32.2. The number of ether oxygens (including phenoxy) is 2. The first-order valence-corrected chi connectivity index (χ1v) is 9.53. The Labute approximate surface area is 148 Å². The van der Waals surface area contributed by atoms with Gasteiger partial charge >= 0.3 is 0 Å². The van der Waals surface area contributed by atoms with Crippen LogP contribution in [0.3, 0.4) is 0 Å². The molecule has 136 valence electrons. The van der Waals surface area contributed by atoms with Crippen molar-refractivity contribution in [3.05, 3.63) is 41.2 Å². The second kappa shape index (κ2) is 6.78. The third kappa shape index (κ3) is 3.29. The van der Waals surface area contributed by atoms with Crippen molar-refractivity contribution in [2.75, 3.05) is 26.8 Å². The maximum absolute atomic E-state index is 13.2. The molecule has 0 saturated carbocycles. The zero-order chi connectivity index (χ0) is 18.2. The van der Waals surface area contributed by atoms with Gasteiger partial charge in [-0.25, -0.2) is 8.42 Å². The van der Waals surface area contributed by atoms with E-state index in [9.17, 15) is 8.42 Å². The summed E-state index contributed by atoms with van der Waals surface area (Å²) >= 11 is 0. The molecule has 0 spiro atoms. The lowest BCUT2D eigenvalue weighted by molar-refractivity contribution is -0.00260. The second-order valence-electron chi connectivity index (χ2n) is 6.19. The van der Waals surface area contributed by atoms with Crippen LogP contribution < -0.4 is 4.74 Å². The first-order chi connectivity index (χ1) is 11.8. The fraction of sp³-hybridized carbons (Fsp3) is 0.471. The molecule has 0 N–H and O–H groups in total. The van der Waals surface area contributed by atoms with Crippen LogP contribution >= 0.6 is 0 Å². The van der Waals surface area contributed by atoms with E-state index in [2.05, 4.69) is 5.10 Å². The van der Waals surface area contributed by atoms with Gasteiger partial charge in [0.05, 0.1) is 30.9 Å². The first kappa shape index (κ1) is 17.9. The fourth-order valence-corrected chi connectivity index (χ4v) is 4.77. The third-order valence-corrected chi connectivity index (χ3v) is 6.66. The standard InChI is InChI=1S/C17H23N3O4S/c1-12-13(2)17(6-5-15(12)23-4)25(21,22)20-7-8-24-16(11-20)14-9-18-19(3)10-14/h5-6,9-10,16H,7-8,11H2,1-4H3/t16-/m1/s1. The minimum Gasteiger partial charge on any atom is -0.496 e. The van der Waals surface area contributed by atoms with Crippen LogP contribution in [0.2, 0.25) is 0 Å². The van der Waals surface area contributed by atoms with Crippen LogP contribution in [0.15, 0.2) is 29.4 Å². The van der Waals surface area contributed by atoms with Gasteiger partial charge in [0, 0.05) is 31.9 Å². The Hall–Kier alpha value is -1.90. The number of hydrogen-bond donors (Lipinski definition) is 0. The largest absolute Gasteiger partial charge is 0.496 e. The average Bonchev–Trinajstić information content (AvgIpc) is 3.03. The van der Waals surface area contributed by atoms with E-state index in [1.165, 1.54) is 4.31 Å². The van der Waals surface area contributed by atoms with E-state index in [-0.39, 0.29) is 12.6 Å². The van der Waals surface area contributed by atoms with Crippen LogP contribution in [0, 0.1) is 13.8 Å². The highest BCUT2D eigenvalue weighted by Gasteiger charge is 2.33. The molecule has 0 amide bonds. The number of benzene rings is 1. The molecule has 1 aliphatic rings. The molecule has 1 atom stereocenters. The fourth-order valence-electron chi connectivity index (χ4n) is 3.06. The molecular formula is C17H23N3O4S. The van der Waals surface area contributed by atoms with Crippen molar-refractivity contribution in [3.8, 4) is 5.75 Å². The average molecular weight is 365 g/mol. The molecule has 7 nitrogen and oxygen atoms in total. The number of methoxy groups -OCH3 is 1. The van der Waals surface area contributed by atoms with Gasteiger partial charge in [0.2, 0.25) is 10.0 Å². The van der Waals surface area contributed by atoms with Crippen LogP contribution in [0.5, 0.6) is 5.75 Å². The molecule has 1 saturated heterocycles. The van der Waals surface area contributed by atoms with Gasteiger partial charge in [-0.2, -0.15) is 9.40 Å². The van der Waals surface area contributed by atoms with Crippen molar-refractivity contribution >= 4 is 10.0 Å². The van der Waals surface area contributed by atoms with E-state index in [0.29, 0.717) is 29.4 Å². The Morgan fingerprint density at radius 1 is 1.28 bits per heavy atom. The van der Waals surface area contributed by atoms with Crippen molar-refractivity contribution < 1.29 is 17.9 Å². The van der Waals surface area contributed by atoms with Gasteiger partial charge in [-0.15, -0.1) is 0 Å². The lowest BCUT2D eigenvalue weighted by atomic mass is 10.1. The predicted molar refractivity (Wildman–Crippen MR) is 93.1 cm³/mol. The maximum atomic E-state index is 13.2. The molecule has 25 heavy (non-hydrogen) atoms. The molecule has 8 heteroatoms. The maximum Gasteiger partial charge on any atom is 0.243 e. The summed E-state index contributed by atoms with van der Waals surface area (Å²) in [5, 5.41) is 4.14.